The summed E-state index contributed by atoms with van der Waals surface area (Å²) < 4.78 is 1.85. The molecule has 0 aliphatic carbocycles. The van der Waals surface area contributed by atoms with Gasteiger partial charge in [-0.25, -0.2) is 9.97 Å². The Labute approximate surface area is 189 Å². The molecular formula is C25H30N6O. The van der Waals surface area contributed by atoms with Crippen molar-refractivity contribution < 1.29 is 4.79 Å². The van der Waals surface area contributed by atoms with Gasteiger partial charge in [-0.2, -0.15) is 5.10 Å². The first-order valence-corrected chi connectivity index (χ1v) is 11.1. The summed E-state index contributed by atoms with van der Waals surface area (Å²) in [6.07, 6.45) is 8.32. The van der Waals surface area contributed by atoms with Crippen molar-refractivity contribution in [3.63, 3.8) is 0 Å². The monoisotopic (exact) mass is 430 g/mol. The van der Waals surface area contributed by atoms with E-state index in [1.54, 1.807) is 12.3 Å². The second-order valence-corrected chi connectivity index (χ2v) is 8.39. The number of aryl methyl sites for hydroxylation is 2. The van der Waals surface area contributed by atoms with Crippen LogP contribution in [0.1, 0.15) is 35.5 Å². The van der Waals surface area contributed by atoms with Gasteiger partial charge in [-0.3, -0.25) is 9.48 Å². The molecule has 0 bridgehead atoms. The van der Waals surface area contributed by atoms with Gasteiger partial charge in [0.2, 0.25) is 5.91 Å². The van der Waals surface area contributed by atoms with Crippen molar-refractivity contribution in [2.45, 2.75) is 33.1 Å². The molecule has 1 fully saturated rings. The van der Waals surface area contributed by atoms with E-state index in [-0.39, 0.29) is 5.91 Å². The predicted octanol–water partition coefficient (Wildman–Crippen LogP) is 4.07. The molecule has 0 radical (unpaired) electrons. The molecule has 1 amide bonds. The summed E-state index contributed by atoms with van der Waals surface area (Å²) in [5.74, 6) is 2.03. The first-order chi connectivity index (χ1) is 15.5. The standard InChI is InChI=1S/C25H30N6O/c1-18-22(19(2)30(3)29-18)12-13-25(32)31-15-7-8-20(17-31)16-21-9-6-11-24(27-21)28-23-10-4-5-14-26-23/h4-6,9-14,20H,7-8,15-17H2,1-3H3,(H,26,27,28)/b13-12+. The molecule has 0 aromatic carbocycles. The molecule has 0 spiro atoms. The van der Waals surface area contributed by atoms with E-state index in [0.717, 1.165) is 66.6 Å². The minimum absolute atomic E-state index is 0.0656. The van der Waals surface area contributed by atoms with E-state index in [2.05, 4.69) is 21.5 Å². The van der Waals surface area contributed by atoms with Crippen LogP contribution in [0.25, 0.3) is 6.08 Å². The first kappa shape index (κ1) is 21.7. The van der Waals surface area contributed by atoms with Gasteiger partial charge >= 0.3 is 0 Å². The molecule has 166 valence electrons. The minimum atomic E-state index is 0.0656. The van der Waals surface area contributed by atoms with Crippen LogP contribution in [0, 0.1) is 19.8 Å². The molecule has 1 N–H and O–H groups in total. The largest absolute Gasteiger partial charge is 0.339 e. The number of rotatable bonds is 6. The Kier molecular flexibility index (Phi) is 6.63. The molecule has 32 heavy (non-hydrogen) atoms. The van der Waals surface area contributed by atoms with Crippen molar-refractivity contribution in [3.8, 4) is 0 Å². The number of nitrogens with zero attached hydrogens (tertiary/aromatic N) is 5. The molecule has 1 aliphatic heterocycles. The summed E-state index contributed by atoms with van der Waals surface area (Å²) in [6.45, 7) is 5.55. The number of hydrogen-bond donors (Lipinski definition) is 1. The number of piperidine rings is 1. The zero-order chi connectivity index (χ0) is 22.5. The lowest BCUT2D eigenvalue weighted by Gasteiger charge is -2.32. The molecule has 4 rings (SSSR count). The normalized spacial score (nSPS) is 16.5. The third-order valence-corrected chi connectivity index (χ3v) is 6.01. The second kappa shape index (κ2) is 9.77. The topological polar surface area (TPSA) is 75.9 Å². The molecular weight excluding hydrogens is 400 g/mol. The highest BCUT2D eigenvalue weighted by Gasteiger charge is 2.23. The SMILES string of the molecule is Cc1nn(C)c(C)c1/C=C/C(=O)N1CCCC(Cc2cccc(Nc3ccccn3)n2)C1. The van der Waals surface area contributed by atoms with E-state index in [9.17, 15) is 4.79 Å². The molecule has 1 unspecified atom stereocenters. The Morgan fingerprint density at radius 1 is 1.19 bits per heavy atom. The van der Waals surface area contributed by atoms with E-state index in [1.165, 1.54) is 0 Å². The quantitative estimate of drug-likeness (QED) is 0.597. The maximum Gasteiger partial charge on any atom is 0.246 e. The first-order valence-electron chi connectivity index (χ1n) is 11.1. The van der Waals surface area contributed by atoms with Crippen LogP contribution in [0.5, 0.6) is 0 Å². The Bertz CT molecular complexity index is 1100. The summed E-state index contributed by atoms with van der Waals surface area (Å²) in [5, 5.41) is 7.67. The van der Waals surface area contributed by atoms with Gasteiger partial charge in [-0.15, -0.1) is 0 Å². The summed E-state index contributed by atoms with van der Waals surface area (Å²) >= 11 is 0. The average molecular weight is 431 g/mol. The van der Waals surface area contributed by atoms with Crippen LogP contribution < -0.4 is 5.32 Å². The Morgan fingerprint density at radius 2 is 2.03 bits per heavy atom. The predicted molar refractivity (Wildman–Crippen MR) is 126 cm³/mol. The van der Waals surface area contributed by atoms with Crippen LogP contribution in [0.15, 0.2) is 48.7 Å². The highest BCUT2D eigenvalue weighted by Crippen LogP contribution is 2.22. The van der Waals surface area contributed by atoms with E-state index >= 15 is 0 Å². The van der Waals surface area contributed by atoms with Crippen LogP contribution in [-0.4, -0.2) is 43.6 Å². The Balaban J connectivity index is 1.37. The Hall–Kier alpha value is -3.48. The molecule has 7 heteroatoms. The number of aromatic nitrogens is 4. The molecule has 1 atom stereocenters. The number of pyridine rings is 2. The maximum absolute atomic E-state index is 12.8. The molecule has 7 nitrogen and oxygen atoms in total. The van der Waals surface area contributed by atoms with E-state index < -0.39 is 0 Å². The number of likely N-dealkylation sites (tertiary alicyclic amines) is 1. The average Bonchev–Trinajstić information content (AvgIpc) is 3.04. The molecule has 1 saturated heterocycles. The lowest BCUT2D eigenvalue weighted by atomic mass is 9.93. The molecule has 0 saturated carbocycles. The molecule has 3 aromatic heterocycles. The van der Waals surface area contributed by atoms with Crippen LogP contribution in [-0.2, 0) is 18.3 Å². The number of nitrogens with one attached hydrogen (secondary N) is 1. The maximum atomic E-state index is 12.8. The van der Waals surface area contributed by atoms with Crippen molar-refractivity contribution in [1.29, 1.82) is 0 Å². The zero-order valence-electron chi connectivity index (χ0n) is 19.0. The number of carbonyl (C=O) groups is 1. The van der Waals surface area contributed by atoms with Gasteiger partial charge in [-0.1, -0.05) is 12.1 Å². The number of carbonyl (C=O) groups excluding carboxylic acids is 1. The van der Waals surface area contributed by atoms with E-state index in [1.807, 2.05) is 66.9 Å². The number of hydrogen-bond acceptors (Lipinski definition) is 5. The van der Waals surface area contributed by atoms with Gasteiger partial charge < -0.3 is 10.2 Å². The second-order valence-electron chi connectivity index (χ2n) is 8.39. The zero-order valence-corrected chi connectivity index (χ0v) is 19.0. The fourth-order valence-corrected chi connectivity index (χ4v) is 4.25. The molecule has 4 heterocycles. The van der Waals surface area contributed by atoms with Crippen molar-refractivity contribution >= 4 is 23.6 Å². The number of anilines is 2. The lowest BCUT2D eigenvalue weighted by Crippen LogP contribution is -2.39. The van der Waals surface area contributed by atoms with Gasteiger partial charge in [-0.05, 0) is 69.4 Å². The van der Waals surface area contributed by atoms with Crippen molar-refractivity contribution in [2.75, 3.05) is 18.4 Å². The fraction of sp³-hybridized carbons (Fsp3) is 0.360. The highest BCUT2D eigenvalue weighted by molar-refractivity contribution is 5.92. The van der Waals surface area contributed by atoms with Crippen LogP contribution >= 0.6 is 0 Å². The number of amides is 1. The smallest absolute Gasteiger partial charge is 0.246 e. The fourth-order valence-electron chi connectivity index (χ4n) is 4.25. The van der Waals surface area contributed by atoms with Crippen LogP contribution in [0.3, 0.4) is 0 Å². The summed E-state index contributed by atoms with van der Waals surface area (Å²) in [6, 6.07) is 11.8. The van der Waals surface area contributed by atoms with Crippen molar-refractivity contribution in [2.24, 2.45) is 13.0 Å². The Morgan fingerprint density at radius 3 is 2.78 bits per heavy atom. The summed E-state index contributed by atoms with van der Waals surface area (Å²) in [5.41, 5.74) is 4.06. The third-order valence-electron chi connectivity index (χ3n) is 6.01. The highest BCUT2D eigenvalue weighted by atomic mass is 16.2. The van der Waals surface area contributed by atoms with Crippen LogP contribution in [0.4, 0.5) is 11.6 Å². The van der Waals surface area contributed by atoms with E-state index in [0.29, 0.717) is 5.92 Å². The van der Waals surface area contributed by atoms with Crippen LogP contribution in [0.2, 0.25) is 0 Å². The van der Waals surface area contributed by atoms with Crippen molar-refractivity contribution in [3.05, 3.63) is 71.3 Å². The van der Waals surface area contributed by atoms with Gasteiger partial charge in [0, 0.05) is 49.4 Å². The lowest BCUT2D eigenvalue weighted by molar-refractivity contribution is -0.127. The molecule has 3 aromatic rings. The molecule has 1 aliphatic rings. The van der Waals surface area contributed by atoms with Gasteiger partial charge in [0.1, 0.15) is 11.6 Å². The van der Waals surface area contributed by atoms with Gasteiger partial charge in [0.25, 0.3) is 0 Å². The third kappa shape index (κ3) is 5.22. The van der Waals surface area contributed by atoms with Gasteiger partial charge in [0.15, 0.2) is 0 Å². The van der Waals surface area contributed by atoms with E-state index in [4.69, 9.17) is 4.98 Å². The minimum Gasteiger partial charge on any atom is -0.339 e. The summed E-state index contributed by atoms with van der Waals surface area (Å²) in [4.78, 5) is 23.8. The van der Waals surface area contributed by atoms with Crippen molar-refractivity contribution in [1.82, 2.24) is 24.6 Å². The van der Waals surface area contributed by atoms with Gasteiger partial charge in [0.05, 0.1) is 5.69 Å². The summed E-state index contributed by atoms with van der Waals surface area (Å²) in [7, 11) is 1.92.